The molecule has 2 amide bonds. The molecule has 0 fully saturated rings. The van der Waals surface area contributed by atoms with Crippen LogP contribution >= 0.6 is 11.3 Å². The maximum Gasteiger partial charge on any atom is 0.315 e. The van der Waals surface area contributed by atoms with Gasteiger partial charge in [-0.25, -0.2) is 4.79 Å². The Hall–Kier alpha value is -1.56. The lowest BCUT2D eigenvalue weighted by molar-refractivity contribution is -0.138. The number of aryl methyl sites for hydroxylation is 1. The molecule has 1 aromatic rings. The Balaban J connectivity index is 2.42. The Morgan fingerprint density at radius 2 is 2.06 bits per heavy atom. The van der Waals surface area contributed by atoms with Gasteiger partial charge >= 0.3 is 12.0 Å². The van der Waals surface area contributed by atoms with Gasteiger partial charge < -0.3 is 15.7 Å². The summed E-state index contributed by atoms with van der Waals surface area (Å²) in [5.41, 5.74) is 1.45. The third-order valence-electron chi connectivity index (χ3n) is 2.45. The van der Waals surface area contributed by atoms with Crippen LogP contribution < -0.4 is 10.6 Å². The number of urea groups is 1. The summed E-state index contributed by atoms with van der Waals surface area (Å²) in [4.78, 5) is 22.3. The van der Waals surface area contributed by atoms with Crippen LogP contribution in [0.5, 0.6) is 0 Å². The Morgan fingerprint density at radius 1 is 1.39 bits per heavy atom. The molecule has 18 heavy (non-hydrogen) atoms. The first-order valence-electron chi connectivity index (χ1n) is 5.59. The van der Waals surface area contributed by atoms with Crippen molar-refractivity contribution in [1.29, 1.82) is 0 Å². The van der Waals surface area contributed by atoms with E-state index in [-0.39, 0.29) is 12.5 Å². The molecule has 0 radical (unpaired) electrons. The molecule has 1 aromatic heterocycles. The Morgan fingerprint density at radius 3 is 2.56 bits per heavy atom. The molecule has 0 unspecified atom stereocenters. The summed E-state index contributed by atoms with van der Waals surface area (Å²) < 4.78 is 0. The molecule has 0 spiro atoms. The van der Waals surface area contributed by atoms with E-state index in [0.717, 1.165) is 11.1 Å². The topological polar surface area (TPSA) is 78.4 Å². The number of nitrogens with one attached hydrogen (secondary N) is 2. The second-order valence-electron chi connectivity index (χ2n) is 4.84. The van der Waals surface area contributed by atoms with Crippen LogP contribution in [0.25, 0.3) is 0 Å². The number of carboxylic acids is 1. The van der Waals surface area contributed by atoms with Gasteiger partial charge in [0, 0.05) is 12.1 Å². The predicted molar refractivity (Wildman–Crippen MR) is 70.8 cm³/mol. The van der Waals surface area contributed by atoms with E-state index in [1.54, 1.807) is 25.2 Å². The monoisotopic (exact) mass is 270 g/mol. The van der Waals surface area contributed by atoms with Crippen molar-refractivity contribution < 1.29 is 14.7 Å². The van der Waals surface area contributed by atoms with Crippen molar-refractivity contribution >= 4 is 23.3 Å². The normalized spacial score (nSPS) is 11.1. The van der Waals surface area contributed by atoms with Gasteiger partial charge in [0.2, 0.25) is 0 Å². The van der Waals surface area contributed by atoms with Crippen molar-refractivity contribution in [1.82, 2.24) is 10.6 Å². The molecule has 3 N–H and O–H groups in total. The van der Waals surface area contributed by atoms with Gasteiger partial charge in [0.1, 0.15) is 0 Å². The molecule has 1 heterocycles. The summed E-state index contributed by atoms with van der Waals surface area (Å²) in [6, 6.07) is -0.355. The average molecular weight is 270 g/mol. The fourth-order valence-corrected chi connectivity index (χ4v) is 2.37. The maximum atomic E-state index is 11.6. The number of carbonyl (C=O) groups excluding carboxylic acids is 1. The minimum atomic E-state index is -0.936. The van der Waals surface area contributed by atoms with Crippen LogP contribution in [-0.4, -0.2) is 22.6 Å². The van der Waals surface area contributed by atoms with Gasteiger partial charge in [-0.3, -0.25) is 4.79 Å². The number of carbonyl (C=O) groups is 2. The molecule has 0 aliphatic carbocycles. The van der Waals surface area contributed by atoms with E-state index in [9.17, 15) is 9.59 Å². The maximum absolute atomic E-state index is 11.6. The van der Waals surface area contributed by atoms with Crippen molar-refractivity contribution in [3.05, 3.63) is 21.9 Å². The fourth-order valence-electron chi connectivity index (χ4n) is 1.52. The molecular weight excluding hydrogens is 252 g/mol. The molecular formula is C12H18N2O3S. The molecule has 5 nitrogen and oxygen atoms in total. The first-order valence-corrected chi connectivity index (χ1v) is 6.54. The van der Waals surface area contributed by atoms with Gasteiger partial charge in [-0.1, -0.05) is 0 Å². The fraction of sp³-hybridized carbons (Fsp3) is 0.500. The largest absolute Gasteiger partial charge is 0.481 e. The Bertz CT molecular complexity index is 440. The second-order valence-corrected chi connectivity index (χ2v) is 5.59. The lowest BCUT2D eigenvalue weighted by Gasteiger charge is -2.24. The van der Waals surface area contributed by atoms with E-state index in [2.05, 4.69) is 10.6 Å². The summed E-state index contributed by atoms with van der Waals surface area (Å²) in [7, 11) is 0. The predicted octanol–water partition coefficient (Wildman–Crippen LogP) is 2.11. The number of carboxylic acid groups (broad SMARTS) is 1. The van der Waals surface area contributed by atoms with Crippen LogP contribution in [0.15, 0.2) is 10.8 Å². The van der Waals surface area contributed by atoms with Gasteiger partial charge in [-0.2, -0.15) is 11.3 Å². The van der Waals surface area contributed by atoms with Gasteiger partial charge in [0.25, 0.3) is 0 Å². The van der Waals surface area contributed by atoms with Crippen LogP contribution in [0, 0.1) is 6.92 Å². The summed E-state index contributed by atoms with van der Waals surface area (Å²) >= 11 is 1.59. The van der Waals surface area contributed by atoms with Crippen LogP contribution in [0.1, 0.15) is 31.4 Å². The Kier molecular flexibility index (Phi) is 4.72. The zero-order chi connectivity index (χ0) is 13.8. The summed E-state index contributed by atoms with van der Waals surface area (Å²) in [5, 5.41) is 18.1. The smallest absolute Gasteiger partial charge is 0.315 e. The summed E-state index contributed by atoms with van der Waals surface area (Å²) in [6.45, 7) is 5.79. The van der Waals surface area contributed by atoms with Gasteiger partial charge in [-0.05, 0) is 42.7 Å². The number of rotatable bonds is 5. The quantitative estimate of drug-likeness (QED) is 0.766. The molecule has 100 valence electrons. The van der Waals surface area contributed by atoms with Gasteiger partial charge in [0.15, 0.2) is 0 Å². The molecule has 0 bridgehead atoms. The molecule has 0 aliphatic rings. The highest BCUT2D eigenvalue weighted by molar-refractivity contribution is 7.08. The highest BCUT2D eigenvalue weighted by Gasteiger charge is 2.23. The van der Waals surface area contributed by atoms with Crippen molar-refractivity contribution in [2.75, 3.05) is 0 Å². The molecule has 0 saturated carbocycles. The highest BCUT2D eigenvalue weighted by Crippen LogP contribution is 2.13. The number of amides is 2. The SMILES string of the molecule is Cc1cscc1CNC(=O)NC(C)(C)CC(=O)O. The van der Waals surface area contributed by atoms with E-state index in [0.29, 0.717) is 6.54 Å². The standard InChI is InChI=1S/C12H18N2O3S/c1-8-6-18-7-9(8)5-13-11(17)14-12(2,3)4-10(15)16/h6-7H,4-5H2,1-3H3,(H,15,16)(H2,13,14,17). The van der Waals surface area contributed by atoms with Gasteiger partial charge in [-0.15, -0.1) is 0 Å². The minimum Gasteiger partial charge on any atom is -0.481 e. The van der Waals surface area contributed by atoms with E-state index < -0.39 is 11.5 Å². The minimum absolute atomic E-state index is 0.113. The molecule has 0 atom stereocenters. The van der Waals surface area contributed by atoms with E-state index in [1.807, 2.05) is 17.7 Å². The van der Waals surface area contributed by atoms with Gasteiger partial charge in [0.05, 0.1) is 6.42 Å². The summed E-state index contributed by atoms with van der Waals surface area (Å²) in [5.74, 6) is -0.936. The number of thiophene rings is 1. The first-order chi connectivity index (χ1) is 8.30. The van der Waals surface area contributed by atoms with E-state index >= 15 is 0 Å². The third-order valence-corrected chi connectivity index (χ3v) is 3.36. The first kappa shape index (κ1) is 14.5. The molecule has 0 aromatic carbocycles. The van der Waals surface area contributed by atoms with Crippen molar-refractivity contribution in [3.8, 4) is 0 Å². The highest BCUT2D eigenvalue weighted by atomic mass is 32.1. The second kappa shape index (κ2) is 5.86. The zero-order valence-electron chi connectivity index (χ0n) is 10.7. The molecule has 0 aliphatic heterocycles. The Labute approximate surface area is 110 Å². The van der Waals surface area contributed by atoms with Crippen LogP contribution in [-0.2, 0) is 11.3 Å². The van der Waals surface area contributed by atoms with E-state index in [1.165, 1.54) is 0 Å². The van der Waals surface area contributed by atoms with E-state index in [4.69, 9.17) is 5.11 Å². The van der Waals surface area contributed by atoms with Crippen LogP contribution in [0.2, 0.25) is 0 Å². The molecule has 0 saturated heterocycles. The lowest BCUT2D eigenvalue weighted by atomic mass is 10.0. The van der Waals surface area contributed by atoms with Crippen molar-refractivity contribution in [2.45, 2.75) is 39.3 Å². The van der Waals surface area contributed by atoms with Crippen LogP contribution in [0.4, 0.5) is 4.79 Å². The zero-order valence-corrected chi connectivity index (χ0v) is 11.6. The number of hydrogen-bond acceptors (Lipinski definition) is 3. The summed E-state index contributed by atoms with van der Waals surface area (Å²) in [6.07, 6.45) is -0.113. The molecule has 6 heteroatoms. The number of hydrogen-bond donors (Lipinski definition) is 3. The van der Waals surface area contributed by atoms with Crippen LogP contribution in [0.3, 0.4) is 0 Å². The number of aliphatic carboxylic acids is 1. The lowest BCUT2D eigenvalue weighted by Crippen LogP contribution is -2.49. The van der Waals surface area contributed by atoms with Crippen molar-refractivity contribution in [2.24, 2.45) is 0 Å². The molecule has 1 rings (SSSR count). The third kappa shape index (κ3) is 4.75. The van der Waals surface area contributed by atoms with Crippen molar-refractivity contribution in [3.63, 3.8) is 0 Å². The average Bonchev–Trinajstić information content (AvgIpc) is 2.58.